The van der Waals surface area contributed by atoms with E-state index in [2.05, 4.69) is 23.4 Å². The van der Waals surface area contributed by atoms with Gasteiger partial charge in [0, 0.05) is 35.0 Å². The van der Waals surface area contributed by atoms with Crippen molar-refractivity contribution in [1.29, 1.82) is 0 Å². The molecule has 4 rings (SSSR count). The molecule has 1 aliphatic rings. The molecular formula is C17H15N3OS. The number of fused-ring (bicyclic) bond motifs is 1. The monoisotopic (exact) mass is 309 g/mol. The molecule has 3 aromatic rings. The lowest BCUT2D eigenvalue weighted by Gasteiger charge is -2.17. The Bertz CT molecular complexity index is 858. The number of aryl methyl sites for hydroxylation is 1. The molecule has 0 radical (unpaired) electrons. The Labute approximate surface area is 132 Å². The maximum absolute atomic E-state index is 11.9. The first-order chi connectivity index (χ1) is 10.7. The zero-order chi connectivity index (χ0) is 15.1. The molecule has 110 valence electrons. The smallest absolute Gasteiger partial charge is 0.227 e. The second-order valence-electron chi connectivity index (χ2n) is 5.59. The van der Waals surface area contributed by atoms with Crippen LogP contribution in [0.3, 0.4) is 0 Å². The summed E-state index contributed by atoms with van der Waals surface area (Å²) in [5.41, 5.74) is 5.10. The van der Waals surface area contributed by atoms with Crippen LogP contribution in [0.5, 0.6) is 0 Å². The minimum Gasteiger partial charge on any atom is -0.312 e. The van der Waals surface area contributed by atoms with Crippen LogP contribution in [-0.4, -0.2) is 21.8 Å². The minimum absolute atomic E-state index is 0.214. The van der Waals surface area contributed by atoms with E-state index in [1.807, 2.05) is 28.6 Å². The molecule has 2 aromatic heterocycles. The van der Waals surface area contributed by atoms with Crippen LogP contribution < -0.4 is 4.90 Å². The average Bonchev–Trinajstić information content (AvgIpc) is 3.18. The van der Waals surface area contributed by atoms with Gasteiger partial charge in [0.1, 0.15) is 0 Å². The number of carbonyl (C=O) groups is 1. The summed E-state index contributed by atoms with van der Waals surface area (Å²) in [4.78, 5) is 18.5. The highest BCUT2D eigenvalue weighted by atomic mass is 32.1. The highest BCUT2D eigenvalue weighted by Gasteiger charge is 2.22. The van der Waals surface area contributed by atoms with Crippen molar-refractivity contribution in [3.8, 4) is 11.3 Å². The molecule has 0 atom stereocenters. The molecule has 1 aliphatic heterocycles. The fourth-order valence-electron chi connectivity index (χ4n) is 2.95. The summed E-state index contributed by atoms with van der Waals surface area (Å²) in [5.74, 6) is 0.214. The van der Waals surface area contributed by atoms with Crippen molar-refractivity contribution < 1.29 is 4.79 Å². The van der Waals surface area contributed by atoms with Crippen molar-refractivity contribution in [3.63, 3.8) is 0 Å². The molecule has 1 amide bonds. The zero-order valence-electron chi connectivity index (χ0n) is 12.2. The Hall–Kier alpha value is -2.27. The lowest BCUT2D eigenvalue weighted by atomic mass is 10.1. The Morgan fingerprint density at radius 1 is 1.27 bits per heavy atom. The fraction of sp³-hybridized carbons (Fsp3) is 0.235. The standard InChI is InChI=1S/C17H15N3OS/c1-11-7-16(12-9-18-22-10-12)19-15-5-4-13(8-14(11)15)20-6-2-3-17(20)21/h4-5,7-10H,2-3,6H2,1H3. The van der Waals surface area contributed by atoms with Crippen LogP contribution in [0.25, 0.3) is 22.2 Å². The number of nitrogens with zero attached hydrogens (tertiary/aromatic N) is 3. The molecule has 5 heteroatoms. The van der Waals surface area contributed by atoms with E-state index in [1.165, 1.54) is 17.1 Å². The van der Waals surface area contributed by atoms with Crippen LogP contribution in [-0.2, 0) is 4.79 Å². The van der Waals surface area contributed by atoms with E-state index >= 15 is 0 Å². The largest absolute Gasteiger partial charge is 0.312 e. The molecule has 0 bridgehead atoms. The van der Waals surface area contributed by atoms with E-state index < -0.39 is 0 Å². The summed E-state index contributed by atoms with van der Waals surface area (Å²) in [5, 5.41) is 3.11. The molecule has 0 spiro atoms. The normalized spacial score (nSPS) is 15.0. The third-order valence-electron chi connectivity index (χ3n) is 4.11. The predicted molar refractivity (Wildman–Crippen MR) is 89.2 cm³/mol. The van der Waals surface area contributed by atoms with Gasteiger partial charge in [0.05, 0.1) is 17.4 Å². The van der Waals surface area contributed by atoms with Gasteiger partial charge in [-0.2, -0.15) is 0 Å². The van der Waals surface area contributed by atoms with Crippen LogP contribution >= 0.6 is 11.5 Å². The number of hydrogen-bond donors (Lipinski definition) is 0. The van der Waals surface area contributed by atoms with Crippen LogP contribution in [0.4, 0.5) is 5.69 Å². The topological polar surface area (TPSA) is 46.1 Å². The van der Waals surface area contributed by atoms with Gasteiger partial charge < -0.3 is 4.90 Å². The number of pyridine rings is 1. The van der Waals surface area contributed by atoms with Crippen LogP contribution in [0.2, 0.25) is 0 Å². The summed E-state index contributed by atoms with van der Waals surface area (Å²) < 4.78 is 4.14. The molecule has 0 N–H and O–H groups in total. The van der Waals surface area contributed by atoms with Crippen LogP contribution in [0, 0.1) is 6.92 Å². The van der Waals surface area contributed by atoms with Crippen molar-refractivity contribution in [1.82, 2.24) is 9.36 Å². The predicted octanol–water partition coefficient (Wildman–Crippen LogP) is 3.79. The molecule has 0 aliphatic carbocycles. The van der Waals surface area contributed by atoms with E-state index in [1.54, 1.807) is 0 Å². The average molecular weight is 309 g/mol. The van der Waals surface area contributed by atoms with Crippen molar-refractivity contribution in [2.45, 2.75) is 19.8 Å². The van der Waals surface area contributed by atoms with E-state index in [0.29, 0.717) is 6.42 Å². The summed E-state index contributed by atoms with van der Waals surface area (Å²) >= 11 is 1.43. The number of aromatic nitrogens is 2. The van der Waals surface area contributed by atoms with E-state index in [-0.39, 0.29) is 5.91 Å². The maximum atomic E-state index is 11.9. The lowest BCUT2D eigenvalue weighted by molar-refractivity contribution is -0.117. The molecule has 0 saturated carbocycles. The van der Waals surface area contributed by atoms with E-state index in [0.717, 1.165) is 40.8 Å². The van der Waals surface area contributed by atoms with Gasteiger partial charge >= 0.3 is 0 Å². The summed E-state index contributed by atoms with van der Waals surface area (Å²) in [6.07, 6.45) is 3.44. The quantitative estimate of drug-likeness (QED) is 0.723. The molecule has 1 fully saturated rings. The van der Waals surface area contributed by atoms with E-state index in [9.17, 15) is 4.79 Å². The first kappa shape index (κ1) is 13.4. The molecule has 1 aromatic carbocycles. The third kappa shape index (κ3) is 2.18. The van der Waals surface area contributed by atoms with Gasteiger partial charge in [-0.3, -0.25) is 4.79 Å². The summed E-state index contributed by atoms with van der Waals surface area (Å²) in [6, 6.07) is 8.17. The lowest BCUT2D eigenvalue weighted by Crippen LogP contribution is -2.23. The number of hydrogen-bond acceptors (Lipinski definition) is 4. The van der Waals surface area contributed by atoms with Gasteiger partial charge in [-0.05, 0) is 54.7 Å². The Balaban J connectivity index is 1.82. The maximum Gasteiger partial charge on any atom is 0.227 e. The third-order valence-corrected chi connectivity index (χ3v) is 4.70. The molecule has 0 unspecified atom stereocenters. The first-order valence-corrected chi connectivity index (χ1v) is 8.17. The van der Waals surface area contributed by atoms with Gasteiger partial charge in [0.25, 0.3) is 0 Å². The number of rotatable bonds is 2. The molecule has 1 saturated heterocycles. The Kier molecular flexibility index (Phi) is 3.15. The summed E-state index contributed by atoms with van der Waals surface area (Å²) in [7, 11) is 0. The van der Waals surface area contributed by atoms with E-state index in [4.69, 9.17) is 4.98 Å². The molecule has 3 heterocycles. The highest BCUT2D eigenvalue weighted by Crippen LogP contribution is 2.29. The van der Waals surface area contributed by atoms with Gasteiger partial charge in [0.15, 0.2) is 0 Å². The van der Waals surface area contributed by atoms with Crippen molar-refractivity contribution in [3.05, 3.63) is 41.4 Å². The fourth-order valence-corrected chi connectivity index (χ4v) is 3.48. The molecule has 22 heavy (non-hydrogen) atoms. The van der Waals surface area contributed by atoms with Gasteiger partial charge in [-0.1, -0.05) is 0 Å². The van der Waals surface area contributed by atoms with Crippen molar-refractivity contribution >= 4 is 34.0 Å². The molecular weight excluding hydrogens is 294 g/mol. The SMILES string of the molecule is Cc1cc(-c2cnsc2)nc2ccc(N3CCCC3=O)cc12. The van der Waals surface area contributed by atoms with Gasteiger partial charge in [0.2, 0.25) is 5.91 Å². The Morgan fingerprint density at radius 3 is 2.91 bits per heavy atom. The number of anilines is 1. The molecule has 4 nitrogen and oxygen atoms in total. The Morgan fingerprint density at radius 2 is 2.18 bits per heavy atom. The minimum atomic E-state index is 0.214. The van der Waals surface area contributed by atoms with Gasteiger partial charge in [-0.15, -0.1) is 0 Å². The number of carbonyl (C=O) groups excluding carboxylic acids is 1. The van der Waals surface area contributed by atoms with Gasteiger partial charge in [-0.25, -0.2) is 9.36 Å². The summed E-state index contributed by atoms with van der Waals surface area (Å²) in [6.45, 7) is 2.90. The van der Waals surface area contributed by atoms with Crippen molar-refractivity contribution in [2.75, 3.05) is 11.4 Å². The second kappa shape index (κ2) is 5.18. The van der Waals surface area contributed by atoms with Crippen molar-refractivity contribution in [2.24, 2.45) is 0 Å². The van der Waals surface area contributed by atoms with Crippen LogP contribution in [0.1, 0.15) is 18.4 Å². The highest BCUT2D eigenvalue weighted by molar-refractivity contribution is 7.03. The number of amides is 1. The zero-order valence-corrected chi connectivity index (χ0v) is 13.1. The van der Waals surface area contributed by atoms with Crippen LogP contribution in [0.15, 0.2) is 35.8 Å². The first-order valence-electron chi connectivity index (χ1n) is 7.34. The number of benzene rings is 1. The second-order valence-corrected chi connectivity index (χ2v) is 6.25.